The van der Waals surface area contributed by atoms with Gasteiger partial charge in [-0.15, -0.1) is 0 Å². The minimum absolute atomic E-state index is 0.141. The summed E-state index contributed by atoms with van der Waals surface area (Å²) < 4.78 is 0. The number of nitrogens with one attached hydrogen (secondary N) is 1. The molecular weight excluding hydrogens is 112 g/mol. The summed E-state index contributed by atoms with van der Waals surface area (Å²) in [7, 11) is 0. The highest BCUT2D eigenvalue weighted by atomic mass is 14.7. The average Bonchev–Trinajstić information content (AvgIpc) is 1.64. The summed E-state index contributed by atoms with van der Waals surface area (Å²) in [5.74, 6) is 0.398. The van der Waals surface area contributed by atoms with Crippen molar-refractivity contribution in [1.82, 2.24) is 0 Å². The maximum Gasteiger partial charge on any atom is 0.0126 e. The molecule has 0 saturated carbocycles. The number of hydrogen-bond acceptors (Lipinski definition) is 2. The Bertz CT molecular complexity index is 91.6. The summed E-state index contributed by atoms with van der Waals surface area (Å²) in [4.78, 5) is 0. The van der Waals surface area contributed by atoms with Crippen LogP contribution >= 0.6 is 0 Å². The van der Waals surface area contributed by atoms with Crippen molar-refractivity contribution in [2.45, 2.75) is 32.7 Å². The molecule has 0 fully saturated rings. The Kier molecular flexibility index (Phi) is 2.85. The minimum Gasteiger partial charge on any atom is -0.325 e. The highest BCUT2D eigenvalue weighted by Crippen LogP contribution is 2.14. The molecule has 0 rings (SSSR count). The van der Waals surface area contributed by atoms with E-state index in [-0.39, 0.29) is 5.54 Å². The molecule has 0 unspecified atom stereocenters. The van der Waals surface area contributed by atoms with Gasteiger partial charge < -0.3 is 11.1 Å². The van der Waals surface area contributed by atoms with E-state index in [0.29, 0.717) is 5.92 Å². The van der Waals surface area contributed by atoms with E-state index in [9.17, 15) is 0 Å². The van der Waals surface area contributed by atoms with Crippen LogP contribution in [0, 0.1) is 11.3 Å². The molecule has 0 amide bonds. The molecule has 0 saturated heterocycles. The van der Waals surface area contributed by atoms with Crippen LogP contribution in [0.2, 0.25) is 0 Å². The van der Waals surface area contributed by atoms with Crippen LogP contribution in [0.3, 0.4) is 0 Å². The van der Waals surface area contributed by atoms with Gasteiger partial charge in [-0.2, -0.15) is 0 Å². The topological polar surface area (TPSA) is 49.9 Å². The van der Waals surface area contributed by atoms with Crippen LogP contribution in [0.1, 0.15) is 27.2 Å². The molecule has 0 aromatic carbocycles. The Morgan fingerprint density at radius 2 is 2.11 bits per heavy atom. The molecule has 9 heavy (non-hydrogen) atoms. The molecule has 2 heteroatoms. The van der Waals surface area contributed by atoms with Gasteiger partial charge in [0, 0.05) is 5.54 Å². The molecule has 0 bridgehead atoms. The SMILES string of the molecule is C[C@H](CC=N)C(C)(C)N. The minimum atomic E-state index is -0.141. The van der Waals surface area contributed by atoms with Crippen LogP contribution in [0.15, 0.2) is 0 Å². The lowest BCUT2D eigenvalue weighted by Crippen LogP contribution is -2.39. The zero-order chi connectivity index (χ0) is 7.49. The first-order chi connectivity index (χ1) is 3.98. The Morgan fingerprint density at radius 3 is 2.22 bits per heavy atom. The van der Waals surface area contributed by atoms with Gasteiger partial charge in [0.1, 0.15) is 0 Å². The second-order valence-corrected chi connectivity index (χ2v) is 3.16. The summed E-state index contributed by atoms with van der Waals surface area (Å²) in [5.41, 5.74) is 5.62. The fraction of sp³-hybridized carbons (Fsp3) is 0.857. The smallest absolute Gasteiger partial charge is 0.0126 e. The van der Waals surface area contributed by atoms with Crippen LogP contribution in [-0.4, -0.2) is 11.8 Å². The molecular formula is C7H16N2. The van der Waals surface area contributed by atoms with Crippen LogP contribution < -0.4 is 5.73 Å². The number of nitrogens with two attached hydrogens (primary N) is 1. The summed E-state index contributed by atoms with van der Waals surface area (Å²) in [6.07, 6.45) is 2.20. The van der Waals surface area contributed by atoms with E-state index in [2.05, 4.69) is 6.92 Å². The Balaban J connectivity index is 3.72. The molecule has 0 aliphatic heterocycles. The maximum absolute atomic E-state index is 6.83. The van der Waals surface area contributed by atoms with Crippen molar-refractivity contribution in [2.24, 2.45) is 11.7 Å². The van der Waals surface area contributed by atoms with Gasteiger partial charge in [-0.3, -0.25) is 0 Å². The molecule has 54 valence electrons. The first-order valence-corrected chi connectivity index (χ1v) is 3.26. The molecule has 0 radical (unpaired) electrons. The van der Waals surface area contributed by atoms with Crippen molar-refractivity contribution < 1.29 is 0 Å². The van der Waals surface area contributed by atoms with E-state index in [1.54, 1.807) is 0 Å². The molecule has 0 aliphatic carbocycles. The highest BCUT2D eigenvalue weighted by Gasteiger charge is 2.18. The van der Waals surface area contributed by atoms with Gasteiger partial charge in [0.05, 0.1) is 0 Å². The number of rotatable bonds is 3. The predicted molar refractivity (Wildman–Crippen MR) is 40.8 cm³/mol. The molecule has 0 aliphatic rings. The summed E-state index contributed by atoms with van der Waals surface area (Å²) >= 11 is 0. The van der Waals surface area contributed by atoms with Gasteiger partial charge in [-0.1, -0.05) is 6.92 Å². The first kappa shape index (κ1) is 8.63. The third kappa shape index (κ3) is 3.25. The van der Waals surface area contributed by atoms with Gasteiger partial charge in [-0.25, -0.2) is 0 Å². The fourth-order valence-corrected chi connectivity index (χ4v) is 0.481. The second-order valence-electron chi connectivity index (χ2n) is 3.16. The van der Waals surface area contributed by atoms with Crippen LogP contribution in [0.5, 0.6) is 0 Å². The van der Waals surface area contributed by atoms with Crippen molar-refractivity contribution in [2.75, 3.05) is 0 Å². The Labute approximate surface area is 57.0 Å². The van der Waals surface area contributed by atoms with Gasteiger partial charge in [-0.05, 0) is 32.4 Å². The molecule has 0 heterocycles. The Hall–Kier alpha value is -0.370. The standard InChI is InChI=1S/C7H16N2/c1-6(4-5-8)7(2,3)9/h5-6,8H,4,9H2,1-3H3/t6-/m1/s1. The largest absolute Gasteiger partial charge is 0.325 e. The summed E-state index contributed by atoms with van der Waals surface area (Å²) in [6, 6.07) is 0. The number of hydrogen-bond donors (Lipinski definition) is 2. The molecule has 0 aromatic rings. The predicted octanol–water partition coefficient (Wildman–Crippen LogP) is 1.40. The van der Waals surface area contributed by atoms with Crippen molar-refractivity contribution >= 4 is 6.21 Å². The quantitative estimate of drug-likeness (QED) is 0.554. The van der Waals surface area contributed by atoms with Gasteiger partial charge in [0.25, 0.3) is 0 Å². The van der Waals surface area contributed by atoms with Crippen LogP contribution in [0.4, 0.5) is 0 Å². The third-order valence-electron chi connectivity index (χ3n) is 1.74. The molecule has 0 aromatic heterocycles. The van der Waals surface area contributed by atoms with Crippen molar-refractivity contribution in [1.29, 1.82) is 5.41 Å². The highest BCUT2D eigenvalue weighted by molar-refractivity contribution is 5.53. The zero-order valence-electron chi connectivity index (χ0n) is 6.44. The zero-order valence-corrected chi connectivity index (χ0v) is 6.44. The van der Waals surface area contributed by atoms with Gasteiger partial charge in [0.2, 0.25) is 0 Å². The van der Waals surface area contributed by atoms with E-state index < -0.39 is 0 Å². The van der Waals surface area contributed by atoms with Crippen LogP contribution in [-0.2, 0) is 0 Å². The van der Waals surface area contributed by atoms with Crippen LogP contribution in [0.25, 0.3) is 0 Å². The van der Waals surface area contributed by atoms with Crippen molar-refractivity contribution in [3.8, 4) is 0 Å². The first-order valence-electron chi connectivity index (χ1n) is 3.26. The van der Waals surface area contributed by atoms with Gasteiger partial charge >= 0.3 is 0 Å². The van der Waals surface area contributed by atoms with Crippen molar-refractivity contribution in [3.05, 3.63) is 0 Å². The van der Waals surface area contributed by atoms with Crippen molar-refractivity contribution in [3.63, 3.8) is 0 Å². The maximum atomic E-state index is 6.83. The monoisotopic (exact) mass is 128 g/mol. The van der Waals surface area contributed by atoms with E-state index in [4.69, 9.17) is 11.1 Å². The lowest BCUT2D eigenvalue weighted by molar-refractivity contribution is 0.357. The molecule has 1 atom stereocenters. The average molecular weight is 128 g/mol. The fourth-order valence-electron chi connectivity index (χ4n) is 0.481. The normalized spacial score (nSPS) is 15.1. The molecule has 3 N–H and O–H groups in total. The lowest BCUT2D eigenvalue weighted by atomic mass is 9.88. The Morgan fingerprint density at radius 1 is 1.67 bits per heavy atom. The second kappa shape index (κ2) is 2.97. The van der Waals surface area contributed by atoms with E-state index >= 15 is 0 Å². The third-order valence-corrected chi connectivity index (χ3v) is 1.74. The summed E-state index contributed by atoms with van der Waals surface area (Å²) in [6.45, 7) is 6.04. The van der Waals surface area contributed by atoms with E-state index in [1.807, 2.05) is 13.8 Å². The summed E-state index contributed by atoms with van der Waals surface area (Å²) in [5, 5.41) is 6.83. The molecule has 0 spiro atoms. The van der Waals surface area contributed by atoms with E-state index in [0.717, 1.165) is 6.42 Å². The lowest BCUT2D eigenvalue weighted by Gasteiger charge is -2.25. The molecule has 2 nitrogen and oxygen atoms in total. The van der Waals surface area contributed by atoms with E-state index in [1.165, 1.54) is 6.21 Å². The van der Waals surface area contributed by atoms with Gasteiger partial charge in [0.15, 0.2) is 0 Å².